The van der Waals surface area contributed by atoms with Crippen LogP contribution in [0.5, 0.6) is 0 Å². The SMILES string of the molecule is C=CCC(NS(=O)(=O)c1c(F)cccc1F)C(=O)O. The lowest BCUT2D eigenvalue weighted by Crippen LogP contribution is -2.40. The lowest BCUT2D eigenvalue weighted by atomic mass is 10.2. The van der Waals surface area contributed by atoms with Crippen molar-refractivity contribution in [2.45, 2.75) is 17.4 Å². The number of carbonyl (C=O) groups is 1. The van der Waals surface area contributed by atoms with Crippen molar-refractivity contribution in [2.24, 2.45) is 0 Å². The number of hydrogen-bond acceptors (Lipinski definition) is 3. The maximum absolute atomic E-state index is 13.4. The fourth-order valence-electron chi connectivity index (χ4n) is 1.35. The topological polar surface area (TPSA) is 83.5 Å². The lowest BCUT2D eigenvalue weighted by Gasteiger charge is -2.13. The molecule has 0 fully saturated rings. The molecule has 1 rings (SSSR count). The van der Waals surface area contributed by atoms with E-state index in [0.29, 0.717) is 0 Å². The Kier molecular flexibility index (Phi) is 4.73. The van der Waals surface area contributed by atoms with E-state index in [0.717, 1.165) is 18.2 Å². The zero-order valence-electron chi connectivity index (χ0n) is 9.64. The van der Waals surface area contributed by atoms with Gasteiger partial charge in [0.15, 0.2) is 4.90 Å². The summed E-state index contributed by atoms with van der Waals surface area (Å²) in [6.45, 7) is 3.27. The number of aliphatic carboxylic acids is 1. The Labute approximate surface area is 108 Å². The summed E-state index contributed by atoms with van der Waals surface area (Å²) < 4.78 is 52.0. The highest BCUT2D eigenvalue weighted by molar-refractivity contribution is 7.89. The van der Waals surface area contributed by atoms with Crippen molar-refractivity contribution >= 4 is 16.0 Å². The minimum Gasteiger partial charge on any atom is -0.480 e. The fourth-order valence-corrected chi connectivity index (χ4v) is 2.69. The van der Waals surface area contributed by atoms with Crippen molar-refractivity contribution in [1.82, 2.24) is 4.72 Å². The second kappa shape index (κ2) is 5.89. The number of benzene rings is 1. The van der Waals surface area contributed by atoms with Crippen molar-refractivity contribution in [1.29, 1.82) is 0 Å². The summed E-state index contributed by atoms with van der Waals surface area (Å²) in [6.07, 6.45) is 0.962. The summed E-state index contributed by atoms with van der Waals surface area (Å²) >= 11 is 0. The van der Waals surface area contributed by atoms with E-state index in [2.05, 4.69) is 6.58 Å². The molecule has 0 aliphatic heterocycles. The first-order chi connectivity index (χ1) is 8.79. The van der Waals surface area contributed by atoms with Gasteiger partial charge in [0.1, 0.15) is 17.7 Å². The summed E-state index contributed by atoms with van der Waals surface area (Å²) in [5, 5.41) is 8.79. The van der Waals surface area contributed by atoms with Crippen LogP contribution in [0.4, 0.5) is 8.78 Å². The summed E-state index contributed by atoms with van der Waals surface area (Å²) in [7, 11) is -4.62. The van der Waals surface area contributed by atoms with Crippen LogP contribution in [0.2, 0.25) is 0 Å². The first kappa shape index (κ1) is 15.3. The van der Waals surface area contributed by atoms with Crippen LogP contribution in [-0.4, -0.2) is 25.5 Å². The molecule has 2 N–H and O–H groups in total. The lowest BCUT2D eigenvalue weighted by molar-refractivity contribution is -0.138. The Hall–Kier alpha value is -1.80. The van der Waals surface area contributed by atoms with Crippen LogP contribution >= 0.6 is 0 Å². The molecule has 104 valence electrons. The predicted octanol–water partition coefficient (Wildman–Crippen LogP) is 1.27. The monoisotopic (exact) mass is 291 g/mol. The Bertz CT molecular complexity index is 580. The van der Waals surface area contributed by atoms with Crippen molar-refractivity contribution < 1.29 is 27.1 Å². The minimum atomic E-state index is -4.62. The molecule has 1 atom stereocenters. The third kappa shape index (κ3) is 3.58. The molecular formula is C11H11F2NO4S. The molecule has 1 aromatic rings. The van der Waals surface area contributed by atoms with Crippen LogP contribution in [0.25, 0.3) is 0 Å². The Balaban J connectivity index is 3.17. The molecule has 0 heterocycles. The van der Waals surface area contributed by atoms with E-state index in [-0.39, 0.29) is 6.42 Å². The number of sulfonamides is 1. The molecule has 0 saturated carbocycles. The molecule has 0 amide bonds. The molecule has 1 unspecified atom stereocenters. The Morgan fingerprint density at radius 3 is 2.37 bits per heavy atom. The zero-order valence-corrected chi connectivity index (χ0v) is 10.5. The van der Waals surface area contributed by atoms with E-state index in [4.69, 9.17) is 5.11 Å². The molecule has 19 heavy (non-hydrogen) atoms. The van der Waals surface area contributed by atoms with Crippen LogP contribution in [0.15, 0.2) is 35.7 Å². The number of carboxylic acids is 1. The van der Waals surface area contributed by atoms with E-state index < -0.39 is 38.6 Å². The summed E-state index contributed by atoms with van der Waals surface area (Å²) in [5.41, 5.74) is 0. The maximum atomic E-state index is 13.4. The smallest absolute Gasteiger partial charge is 0.322 e. The van der Waals surface area contributed by atoms with Crippen molar-refractivity contribution in [3.8, 4) is 0 Å². The van der Waals surface area contributed by atoms with Crippen LogP contribution in [0.3, 0.4) is 0 Å². The van der Waals surface area contributed by atoms with E-state index in [1.165, 1.54) is 6.08 Å². The van der Waals surface area contributed by atoms with E-state index in [9.17, 15) is 22.0 Å². The van der Waals surface area contributed by atoms with Gasteiger partial charge in [0.2, 0.25) is 10.0 Å². The average molecular weight is 291 g/mol. The minimum absolute atomic E-state index is 0.218. The predicted molar refractivity (Wildman–Crippen MR) is 62.9 cm³/mol. The van der Waals surface area contributed by atoms with Gasteiger partial charge in [0, 0.05) is 0 Å². The first-order valence-corrected chi connectivity index (χ1v) is 6.58. The molecule has 0 radical (unpaired) electrons. The quantitative estimate of drug-likeness (QED) is 0.773. The van der Waals surface area contributed by atoms with Gasteiger partial charge in [-0.1, -0.05) is 12.1 Å². The third-order valence-corrected chi connectivity index (χ3v) is 3.71. The second-order valence-electron chi connectivity index (χ2n) is 3.59. The second-order valence-corrected chi connectivity index (χ2v) is 5.24. The molecule has 8 heteroatoms. The molecule has 5 nitrogen and oxygen atoms in total. The summed E-state index contributed by atoms with van der Waals surface area (Å²) in [5.74, 6) is -4.06. The Morgan fingerprint density at radius 2 is 1.95 bits per heavy atom. The number of hydrogen-bond donors (Lipinski definition) is 2. The number of halogens is 2. The van der Waals surface area contributed by atoms with Gasteiger partial charge in [-0.2, -0.15) is 4.72 Å². The molecule has 1 aromatic carbocycles. The molecule has 0 aliphatic rings. The summed E-state index contributed by atoms with van der Waals surface area (Å²) in [6, 6.07) is 0.991. The largest absolute Gasteiger partial charge is 0.480 e. The van der Waals surface area contributed by atoms with Crippen LogP contribution in [0.1, 0.15) is 6.42 Å². The first-order valence-electron chi connectivity index (χ1n) is 5.09. The normalized spacial score (nSPS) is 12.9. The van der Waals surface area contributed by atoms with Gasteiger partial charge in [-0.15, -0.1) is 6.58 Å². The van der Waals surface area contributed by atoms with E-state index in [1.807, 2.05) is 0 Å². The number of carboxylic acid groups (broad SMARTS) is 1. The van der Waals surface area contributed by atoms with Crippen molar-refractivity contribution in [3.05, 3.63) is 42.5 Å². The van der Waals surface area contributed by atoms with Crippen LogP contribution < -0.4 is 4.72 Å². The van der Waals surface area contributed by atoms with Crippen molar-refractivity contribution in [3.63, 3.8) is 0 Å². The fraction of sp³-hybridized carbons (Fsp3) is 0.182. The van der Waals surface area contributed by atoms with Gasteiger partial charge in [0.25, 0.3) is 0 Å². The van der Waals surface area contributed by atoms with E-state index in [1.54, 1.807) is 4.72 Å². The van der Waals surface area contributed by atoms with Gasteiger partial charge >= 0.3 is 5.97 Å². The molecule has 0 spiro atoms. The van der Waals surface area contributed by atoms with Gasteiger partial charge in [-0.05, 0) is 18.6 Å². The molecular weight excluding hydrogens is 280 g/mol. The molecule has 0 bridgehead atoms. The molecule has 0 aromatic heterocycles. The molecule has 0 saturated heterocycles. The van der Waals surface area contributed by atoms with E-state index >= 15 is 0 Å². The highest BCUT2D eigenvalue weighted by atomic mass is 32.2. The number of rotatable bonds is 6. The van der Waals surface area contributed by atoms with Gasteiger partial charge in [-0.3, -0.25) is 4.79 Å². The standard InChI is InChI=1S/C11H11F2NO4S/c1-2-4-9(11(15)16)14-19(17,18)10-7(12)5-3-6-8(10)13/h2-3,5-6,9,14H,1,4H2,(H,15,16). The van der Waals surface area contributed by atoms with Gasteiger partial charge < -0.3 is 5.11 Å². The average Bonchev–Trinajstić information content (AvgIpc) is 2.27. The van der Waals surface area contributed by atoms with Gasteiger partial charge in [0.05, 0.1) is 0 Å². The maximum Gasteiger partial charge on any atom is 0.322 e. The Morgan fingerprint density at radius 1 is 1.42 bits per heavy atom. The number of nitrogens with one attached hydrogen (secondary N) is 1. The van der Waals surface area contributed by atoms with Crippen molar-refractivity contribution in [2.75, 3.05) is 0 Å². The molecule has 0 aliphatic carbocycles. The third-order valence-electron chi connectivity index (χ3n) is 2.19. The summed E-state index contributed by atoms with van der Waals surface area (Å²) in [4.78, 5) is 9.60. The van der Waals surface area contributed by atoms with Gasteiger partial charge in [-0.25, -0.2) is 17.2 Å². The van der Waals surface area contributed by atoms with Crippen LogP contribution in [0, 0.1) is 11.6 Å². The zero-order chi connectivity index (χ0) is 14.6. The highest BCUT2D eigenvalue weighted by Gasteiger charge is 2.29. The highest BCUT2D eigenvalue weighted by Crippen LogP contribution is 2.18. The van der Waals surface area contributed by atoms with Crippen LogP contribution in [-0.2, 0) is 14.8 Å².